The van der Waals surface area contributed by atoms with Crippen LogP contribution in [0.2, 0.25) is 0 Å². The van der Waals surface area contributed by atoms with Gasteiger partial charge in [0.1, 0.15) is 6.08 Å². The molecule has 0 atom stereocenters. The molecule has 1 aliphatic heterocycles. The van der Waals surface area contributed by atoms with E-state index in [1.807, 2.05) is 0 Å². The van der Waals surface area contributed by atoms with Crippen molar-refractivity contribution in [3.05, 3.63) is 29.3 Å². The minimum atomic E-state index is -1.84. The summed E-state index contributed by atoms with van der Waals surface area (Å²) in [4.78, 5) is 0. The minimum absolute atomic E-state index is 0.0161. The van der Waals surface area contributed by atoms with E-state index in [4.69, 9.17) is 2.74 Å². The van der Waals surface area contributed by atoms with Gasteiger partial charge in [-0.15, -0.1) is 0 Å². The highest BCUT2D eigenvalue weighted by molar-refractivity contribution is 5.29. The second kappa shape index (κ2) is 3.69. The predicted octanol–water partition coefficient (Wildman–Crippen LogP) is 1.59. The molecule has 2 nitrogen and oxygen atoms in total. The Morgan fingerprint density at radius 2 is 1.80 bits per heavy atom. The number of hydrogen-bond donors (Lipinski definition) is 1. The molecule has 0 amide bonds. The minimum Gasteiger partial charge on any atom is -0.482 e. The third kappa shape index (κ3) is 1.77. The van der Waals surface area contributed by atoms with E-state index in [-0.39, 0.29) is 13.1 Å². The van der Waals surface area contributed by atoms with Crippen LogP contribution in [0.25, 0.3) is 0 Å². The zero-order valence-electron chi connectivity index (χ0n) is 9.33. The van der Waals surface area contributed by atoms with Crippen molar-refractivity contribution in [2.45, 2.75) is 6.08 Å². The van der Waals surface area contributed by atoms with Gasteiger partial charge in [0.25, 0.3) is 0 Å². The fraction of sp³-hybridized carbons (Fsp3) is 0.333. The van der Waals surface area contributed by atoms with Crippen molar-refractivity contribution in [3.8, 4) is 5.75 Å². The normalized spacial score (nSPS) is 20.3. The van der Waals surface area contributed by atoms with Crippen LogP contribution in [0.1, 0.15) is 2.74 Å². The fourth-order valence-electron chi connectivity index (χ4n) is 1.03. The average molecular weight is 223 g/mol. The molecule has 1 aliphatic rings. The zero-order valence-corrected chi connectivity index (χ0v) is 7.33. The van der Waals surface area contributed by atoms with Gasteiger partial charge in [0.15, 0.2) is 17.4 Å². The topological polar surface area (TPSA) is 21.3 Å². The highest BCUT2D eigenvalue weighted by Crippen LogP contribution is 2.27. The molecule has 0 radical (unpaired) electrons. The van der Waals surface area contributed by atoms with Crippen molar-refractivity contribution in [3.63, 3.8) is 0 Å². The van der Waals surface area contributed by atoms with Gasteiger partial charge in [-0.25, -0.2) is 8.78 Å². The molecule has 1 heterocycles. The predicted molar refractivity (Wildman–Crippen MR) is 43.6 cm³/mol. The first kappa shape index (κ1) is 7.92. The van der Waals surface area contributed by atoms with E-state index in [1.165, 1.54) is 0 Å². The van der Waals surface area contributed by atoms with Gasteiger partial charge in [-0.2, -0.15) is 8.78 Å². The number of halogens is 4. The Hall–Kier alpha value is -1.30. The first-order valence-electron chi connectivity index (χ1n) is 5.08. The van der Waals surface area contributed by atoms with Gasteiger partial charge < -0.3 is 10.1 Å². The van der Waals surface area contributed by atoms with E-state index in [9.17, 15) is 17.6 Å². The van der Waals surface area contributed by atoms with E-state index in [0.717, 1.165) is 0 Å². The van der Waals surface area contributed by atoms with Crippen molar-refractivity contribution >= 4 is 0 Å². The Bertz CT molecular complexity index is 450. The monoisotopic (exact) mass is 223 g/mol. The molecule has 0 spiro atoms. The Morgan fingerprint density at radius 3 is 2.20 bits per heavy atom. The van der Waals surface area contributed by atoms with Crippen molar-refractivity contribution in [2.75, 3.05) is 13.1 Å². The Labute approximate surface area is 85.7 Å². The van der Waals surface area contributed by atoms with Crippen LogP contribution in [0.3, 0.4) is 0 Å². The van der Waals surface area contributed by atoms with Crippen molar-refractivity contribution in [1.29, 1.82) is 0 Å². The Morgan fingerprint density at radius 1 is 1.27 bits per heavy atom. The van der Waals surface area contributed by atoms with Gasteiger partial charge in [-0.05, 0) is 0 Å². The fourth-order valence-corrected chi connectivity index (χ4v) is 1.03. The number of rotatable bonds is 2. The van der Waals surface area contributed by atoms with Crippen molar-refractivity contribution in [2.24, 2.45) is 0 Å². The van der Waals surface area contributed by atoms with E-state index in [1.54, 1.807) is 0 Å². The molecule has 1 saturated heterocycles. The molecule has 0 aromatic heterocycles. The molecule has 0 saturated carbocycles. The maximum atomic E-state index is 13.3. The highest BCUT2D eigenvalue weighted by Gasteiger charge is 2.26. The zero-order chi connectivity index (χ0) is 12.8. The number of ether oxygens (including phenoxy) is 1. The molecular formula is C9H7F4NO. The second-order valence-electron chi connectivity index (χ2n) is 2.95. The number of benzene rings is 1. The smallest absolute Gasteiger partial charge is 0.203 e. The summed E-state index contributed by atoms with van der Waals surface area (Å²) in [6.07, 6.45) is -1.65. The van der Waals surface area contributed by atoms with Gasteiger partial charge >= 0.3 is 0 Å². The molecule has 1 aromatic rings. The van der Waals surface area contributed by atoms with Gasteiger partial charge in [0.05, 0.1) is 2.74 Å². The highest BCUT2D eigenvalue weighted by atomic mass is 19.2. The maximum absolute atomic E-state index is 13.3. The summed E-state index contributed by atoms with van der Waals surface area (Å²) < 4.78 is 71.4. The Balaban J connectivity index is 2.46. The summed E-state index contributed by atoms with van der Waals surface area (Å²) in [5, 5.41) is 2.62. The third-order valence-electron chi connectivity index (χ3n) is 1.89. The molecule has 2 rings (SSSR count). The quantitative estimate of drug-likeness (QED) is 0.607. The summed E-state index contributed by atoms with van der Waals surface area (Å²) in [6, 6.07) is -1.50. The van der Waals surface area contributed by atoms with Gasteiger partial charge in [-0.1, -0.05) is 0 Å². The summed E-state index contributed by atoms with van der Waals surface area (Å²) in [5.41, 5.74) is 0. The lowest BCUT2D eigenvalue weighted by atomic mass is 10.2. The largest absolute Gasteiger partial charge is 0.482 e. The second-order valence-corrected chi connectivity index (χ2v) is 2.95. The molecule has 0 aliphatic carbocycles. The van der Waals surface area contributed by atoms with Gasteiger partial charge in [0, 0.05) is 19.1 Å². The molecule has 1 fully saturated rings. The van der Waals surface area contributed by atoms with Crippen LogP contribution in [0.15, 0.2) is 6.04 Å². The first-order valence-corrected chi connectivity index (χ1v) is 4.08. The maximum Gasteiger partial charge on any atom is 0.203 e. The molecule has 1 aromatic carbocycles. The first-order chi connectivity index (χ1) is 7.86. The van der Waals surface area contributed by atoms with E-state index >= 15 is 0 Å². The standard InChI is InChI=1S/C9H7F4NO/c10-5-1-6(11)8(13)9(7(5)12)15-4-2-14-3-4/h1,4,14H,2-3H2/i1D,4D. The Kier molecular flexibility index (Phi) is 1.95. The molecule has 82 valence electrons. The van der Waals surface area contributed by atoms with Crippen LogP contribution in [0.4, 0.5) is 17.6 Å². The summed E-state index contributed by atoms with van der Waals surface area (Å²) in [7, 11) is 0. The summed E-state index contributed by atoms with van der Waals surface area (Å²) >= 11 is 0. The van der Waals surface area contributed by atoms with Crippen LogP contribution in [-0.4, -0.2) is 19.2 Å². The van der Waals surface area contributed by atoms with E-state index in [0.29, 0.717) is 0 Å². The van der Waals surface area contributed by atoms with E-state index < -0.39 is 41.1 Å². The van der Waals surface area contributed by atoms with E-state index in [2.05, 4.69) is 10.1 Å². The average Bonchev–Trinajstić information content (AvgIpc) is 2.27. The lowest BCUT2D eigenvalue weighted by Gasteiger charge is -2.28. The molecule has 0 unspecified atom stereocenters. The van der Waals surface area contributed by atoms with Crippen LogP contribution >= 0.6 is 0 Å². The van der Waals surface area contributed by atoms with Crippen LogP contribution in [-0.2, 0) is 0 Å². The summed E-state index contributed by atoms with van der Waals surface area (Å²) in [6.45, 7) is -0.0323. The lowest BCUT2D eigenvalue weighted by molar-refractivity contribution is 0.127. The molecular weight excluding hydrogens is 214 g/mol. The number of hydrogen-bond acceptors (Lipinski definition) is 2. The third-order valence-corrected chi connectivity index (χ3v) is 1.89. The summed E-state index contributed by atoms with van der Waals surface area (Å²) in [5.74, 6) is -8.57. The van der Waals surface area contributed by atoms with Gasteiger partial charge in [-0.3, -0.25) is 0 Å². The molecule has 15 heavy (non-hydrogen) atoms. The van der Waals surface area contributed by atoms with Gasteiger partial charge in [0.2, 0.25) is 11.6 Å². The lowest BCUT2D eigenvalue weighted by Crippen LogP contribution is -2.50. The van der Waals surface area contributed by atoms with Crippen LogP contribution in [0.5, 0.6) is 5.75 Å². The van der Waals surface area contributed by atoms with Crippen LogP contribution < -0.4 is 10.1 Å². The molecule has 0 bridgehead atoms. The van der Waals surface area contributed by atoms with Crippen molar-refractivity contribution < 1.29 is 25.0 Å². The molecule has 1 N–H and O–H groups in total. The van der Waals surface area contributed by atoms with Crippen LogP contribution in [0, 0.1) is 23.3 Å². The number of nitrogens with one attached hydrogen (secondary N) is 1. The molecule has 6 heteroatoms. The van der Waals surface area contributed by atoms with Crippen molar-refractivity contribution in [1.82, 2.24) is 5.32 Å². The SMILES string of the molecule is [2H]c1c(F)c(F)c(OC2([2H])CNC2)c(F)c1F.